The van der Waals surface area contributed by atoms with Crippen molar-refractivity contribution in [2.45, 2.75) is 26.2 Å². The van der Waals surface area contributed by atoms with Crippen LogP contribution in [0.4, 0.5) is 0 Å². The molecule has 5 nitrogen and oxygen atoms in total. The van der Waals surface area contributed by atoms with Crippen LogP contribution in [0.2, 0.25) is 0 Å². The molecule has 1 aliphatic carbocycles. The number of hydrogen-bond acceptors (Lipinski definition) is 4. The zero-order chi connectivity index (χ0) is 11.0. The first-order valence-electron chi connectivity index (χ1n) is 4.77. The highest BCUT2D eigenvalue weighted by Crippen LogP contribution is 2.27. The Morgan fingerprint density at radius 3 is 3.00 bits per heavy atom. The van der Waals surface area contributed by atoms with Gasteiger partial charge in [-0.1, -0.05) is 0 Å². The van der Waals surface area contributed by atoms with E-state index in [9.17, 15) is 9.59 Å². The Morgan fingerprint density at radius 2 is 2.33 bits per heavy atom. The molecule has 5 heteroatoms. The van der Waals surface area contributed by atoms with Gasteiger partial charge in [0.25, 0.3) is 0 Å². The molecule has 0 amide bonds. The number of aliphatic carboxylic acids is 1. The summed E-state index contributed by atoms with van der Waals surface area (Å²) in [6.07, 6.45) is 0.774. The Bertz CT molecular complexity index is 421. The average molecular weight is 209 g/mol. The van der Waals surface area contributed by atoms with E-state index in [0.29, 0.717) is 23.8 Å². The highest BCUT2D eigenvalue weighted by Gasteiger charge is 2.30. The summed E-state index contributed by atoms with van der Waals surface area (Å²) in [5.41, 5.74) is 0.606. The number of aryl methyl sites for hydroxylation is 1. The van der Waals surface area contributed by atoms with E-state index in [-0.39, 0.29) is 24.5 Å². The van der Waals surface area contributed by atoms with Crippen LogP contribution in [0.25, 0.3) is 0 Å². The third-order valence-electron chi connectivity index (χ3n) is 2.48. The molecular formula is C10H11NO4. The van der Waals surface area contributed by atoms with Gasteiger partial charge >= 0.3 is 5.97 Å². The van der Waals surface area contributed by atoms with Crippen LogP contribution in [0.1, 0.15) is 35.0 Å². The van der Waals surface area contributed by atoms with Crippen molar-refractivity contribution in [2.75, 3.05) is 0 Å². The smallest absolute Gasteiger partial charge is 0.303 e. The minimum Gasteiger partial charge on any atom is -0.481 e. The van der Waals surface area contributed by atoms with Crippen LogP contribution < -0.4 is 0 Å². The Hall–Kier alpha value is -1.65. The van der Waals surface area contributed by atoms with Gasteiger partial charge in [0, 0.05) is 19.8 Å². The minimum atomic E-state index is -0.878. The molecule has 1 aliphatic rings. The summed E-state index contributed by atoms with van der Waals surface area (Å²) in [5, 5.41) is 8.65. The summed E-state index contributed by atoms with van der Waals surface area (Å²) in [6, 6.07) is 0. The van der Waals surface area contributed by atoms with E-state index >= 15 is 0 Å². The highest BCUT2D eigenvalue weighted by molar-refractivity contribution is 5.95. The van der Waals surface area contributed by atoms with Gasteiger partial charge in [0.1, 0.15) is 0 Å². The van der Waals surface area contributed by atoms with E-state index in [1.165, 1.54) is 0 Å². The zero-order valence-corrected chi connectivity index (χ0v) is 8.32. The third-order valence-corrected chi connectivity index (χ3v) is 2.48. The molecule has 2 rings (SSSR count). The van der Waals surface area contributed by atoms with Crippen molar-refractivity contribution in [3.63, 3.8) is 0 Å². The standard InChI is InChI=1S/C10H11NO4/c1-5-11-7-2-6(4-9(13)14)3-8(12)10(7)15-5/h6H,2-4H2,1H3,(H,13,14). The lowest BCUT2D eigenvalue weighted by molar-refractivity contribution is -0.138. The summed E-state index contributed by atoms with van der Waals surface area (Å²) >= 11 is 0. The van der Waals surface area contributed by atoms with Crippen LogP contribution in [0.15, 0.2) is 4.42 Å². The first kappa shape index (κ1) is 9.89. The summed E-state index contributed by atoms with van der Waals surface area (Å²) in [7, 11) is 0. The third kappa shape index (κ3) is 1.91. The molecule has 0 radical (unpaired) electrons. The normalized spacial score (nSPS) is 20.1. The van der Waals surface area contributed by atoms with E-state index in [4.69, 9.17) is 9.52 Å². The second-order valence-corrected chi connectivity index (χ2v) is 3.80. The van der Waals surface area contributed by atoms with Gasteiger partial charge < -0.3 is 9.52 Å². The molecule has 1 unspecified atom stereocenters. The van der Waals surface area contributed by atoms with Crippen molar-refractivity contribution in [3.8, 4) is 0 Å². The molecule has 80 valence electrons. The molecule has 15 heavy (non-hydrogen) atoms. The SMILES string of the molecule is Cc1nc2c(o1)C(=O)CC(CC(=O)O)C2. The molecule has 1 atom stereocenters. The number of fused-ring (bicyclic) bond motifs is 1. The molecule has 1 aromatic rings. The van der Waals surface area contributed by atoms with Gasteiger partial charge in [-0.2, -0.15) is 0 Å². The molecule has 0 spiro atoms. The Morgan fingerprint density at radius 1 is 1.60 bits per heavy atom. The van der Waals surface area contributed by atoms with Gasteiger partial charge in [0.15, 0.2) is 17.4 Å². The maximum absolute atomic E-state index is 11.6. The fraction of sp³-hybridized carbons (Fsp3) is 0.500. The van der Waals surface area contributed by atoms with Crippen molar-refractivity contribution in [3.05, 3.63) is 17.3 Å². The van der Waals surface area contributed by atoms with Crippen molar-refractivity contribution >= 4 is 11.8 Å². The van der Waals surface area contributed by atoms with Crippen molar-refractivity contribution in [2.24, 2.45) is 5.92 Å². The van der Waals surface area contributed by atoms with E-state index in [2.05, 4.69) is 4.98 Å². The van der Waals surface area contributed by atoms with Gasteiger partial charge in [-0.3, -0.25) is 9.59 Å². The van der Waals surface area contributed by atoms with Crippen LogP contribution in [-0.4, -0.2) is 21.8 Å². The molecule has 0 aliphatic heterocycles. The lowest BCUT2D eigenvalue weighted by atomic mass is 9.87. The molecule has 0 bridgehead atoms. The summed E-state index contributed by atoms with van der Waals surface area (Å²) in [4.78, 5) is 26.2. The van der Waals surface area contributed by atoms with Gasteiger partial charge in [0.2, 0.25) is 0 Å². The fourth-order valence-corrected chi connectivity index (χ4v) is 1.92. The van der Waals surface area contributed by atoms with Crippen LogP contribution in [0.5, 0.6) is 0 Å². The van der Waals surface area contributed by atoms with Crippen LogP contribution >= 0.6 is 0 Å². The van der Waals surface area contributed by atoms with Gasteiger partial charge in [0.05, 0.1) is 5.69 Å². The van der Waals surface area contributed by atoms with E-state index in [1.807, 2.05) is 0 Å². The number of carboxylic acid groups (broad SMARTS) is 1. The topological polar surface area (TPSA) is 80.4 Å². The molecule has 0 saturated carbocycles. The number of aromatic nitrogens is 1. The molecule has 1 N–H and O–H groups in total. The molecule has 0 saturated heterocycles. The number of nitrogens with zero attached hydrogens (tertiary/aromatic N) is 1. The zero-order valence-electron chi connectivity index (χ0n) is 8.32. The predicted molar refractivity (Wildman–Crippen MR) is 49.6 cm³/mol. The number of rotatable bonds is 2. The van der Waals surface area contributed by atoms with Gasteiger partial charge in [-0.15, -0.1) is 0 Å². The number of ketones is 1. The van der Waals surface area contributed by atoms with Crippen molar-refractivity contribution in [1.82, 2.24) is 4.98 Å². The average Bonchev–Trinajstić information content (AvgIpc) is 2.44. The fourth-order valence-electron chi connectivity index (χ4n) is 1.92. The minimum absolute atomic E-state index is 0.0110. The Balaban J connectivity index is 2.22. The summed E-state index contributed by atoms with van der Waals surface area (Å²) in [6.45, 7) is 1.68. The van der Waals surface area contributed by atoms with E-state index in [1.54, 1.807) is 6.92 Å². The van der Waals surface area contributed by atoms with E-state index in [0.717, 1.165) is 0 Å². The van der Waals surface area contributed by atoms with Crippen LogP contribution in [0, 0.1) is 12.8 Å². The number of hydrogen-bond donors (Lipinski definition) is 1. The number of carboxylic acids is 1. The van der Waals surface area contributed by atoms with E-state index < -0.39 is 5.97 Å². The summed E-state index contributed by atoms with van der Waals surface area (Å²) < 4.78 is 5.16. The lowest BCUT2D eigenvalue weighted by Crippen LogP contribution is -2.21. The maximum Gasteiger partial charge on any atom is 0.303 e. The largest absolute Gasteiger partial charge is 0.481 e. The Labute approximate surface area is 86.1 Å². The quantitative estimate of drug-likeness (QED) is 0.791. The van der Waals surface area contributed by atoms with Crippen molar-refractivity contribution in [1.29, 1.82) is 0 Å². The number of Topliss-reactive ketones (excluding diaryl/α,β-unsaturated/α-hetero) is 1. The van der Waals surface area contributed by atoms with Crippen molar-refractivity contribution < 1.29 is 19.1 Å². The summed E-state index contributed by atoms with van der Waals surface area (Å²) in [5.74, 6) is -0.384. The van der Waals surface area contributed by atoms with Crippen LogP contribution in [-0.2, 0) is 11.2 Å². The molecule has 1 aromatic heterocycles. The highest BCUT2D eigenvalue weighted by atomic mass is 16.4. The molecule has 0 aromatic carbocycles. The van der Waals surface area contributed by atoms with Gasteiger partial charge in [-0.25, -0.2) is 4.98 Å². The number of carbonyl (C=O) groups excluding carboxylic acids is 1. The van der Waals surface area contributed by atoms with Gasteiger partial charge in [-0.05, 0) is 12.3 Å². The second-order valence-electron chi connectivity index (χ2n) is 3.80. The maximum atomic E-state index is 11.6. The number of carbonyl (C=O) groups is 2. The first-order chi connectivity index (χ1) is 7.06. The van der Waals surface area contributed by atoms with Crippen LogP contribution in [0.3, 0.4) is 0 Å². The second kappa shape index (κ2) is 3.49. The molecular weight excluding hydrogens is 198 g/mol. The number of oxazole rings is 1. The predicted octanol–water partition coefficient (Wildman–Crippen LogP) is 1.20. The Kier molecular flexibility index (Phi) is 2.30. The lowest BCUT2D eigenvalue weighted by Gasteiger charge is -2.16. The molecule has 0 fully saturated rings. The first-order valence-corrected chi connectivity index (χ1v) is 4.77. The monoisotopic (exact) mass is 209 g/mol. The molecule has 1 heterocycles.